The number of rotatable bonds is 6. The third kappa shape index (κ3) is 4.33. The van der Waals surface area contributed by atoms with Gasteiger partial charge in [-0.3, -0.25) is 9.59 Å². The van der Waals surface area contributed by atoms with Crippen LogP contribution in [-0.4, -0.2) is 21.2 Å². The SMILES string of the molecule is NC(=O)c1ccc(C(=O)Cc2cn(Cc3cccc(Cl)c3)cn2)cc1. The average Bonchev–Trinajstić information content (AvgIpc) is 3.01. The van der Waals surface area contributed by atoms with E-state index in [0.29, 0.717) is 28.4 Å². The first-order valence-electron chi connectivity index (χ1n) is 7.69. The predicted molar refractivity (Wildman–Crippen MR) is 95.8 cm³/mol. The number of hydrogen-bond acceptors (Lipinski definition) is 3. The van der Waals surface area contributed by atoms with Crippen LogP contribution in [0.2, 0.25) is 5.02 Å². The van der Waals surface area contributed by atoms with Crippen molar-refractivity contribution in [3.05, 3.63) is 88.5 Å². The lowest BCUT2D eigenvalue weighted by Crippen LogP contribution is -2.11. The van der Waals surface area contributed by atoms with Gasteiger partial charge < -0.3 is 10.3 Å². The summed E-state index contributed by atoms with van der Waals surface area (Å²) in [5.74, 6) is -0.581. The number of ketones is 1. The highest BCUT2D eigenvalue weighted by atomic mass is 35.5. The molecule has 1 amide bonds. The summed E-state index contributed by atoms with van der Waals surface area (Å²) in [5.41, 5.74) is 7.84. The number of benzene rings is 2. The average molecular weight is 354 g/mol. The van der Waals surface area contributed by atoms with Gasteiger partial charge in [-0.1, -0.05) is 35.9 Å². The normalized spacial score (nSPS) is 10.6. The number of hydrogen-bond donors (Lipinski definition) is 1. The summed E-state index contributed by atoms with van der Waals surface area (Å²) >= 11 is 5.99. The Morgan fingerprint density at radius 1 is 1.08 bits per heavy atom. The molecule has 0 saturated heterocycles. The first kappa shape index (κ1) is 16.9. The van der Waals surface area contributed by atoms with Crippen LogP contribution in [-0.2, 0) is 13.0 Å². The van der Waals surface area contributed by atoms with E-state index >= 15 is 0 Å². The van der Waals surface area contributed by atoms with Crippen LogP contribution >= 0.6 is 11.6 Å². The van der Waals surface area contributed by atoms with Crippen LogP contribution < -0.4 is 5.73 Å². The molecule has 1 heterocycles. The van der Waals surface area contributed by atoms with E-state index in [1.165, 1.54) is 0 Å². The Hall–Kier alpha value is -2.92. The van der Waals surface area contributed by atoms with E-state index in [1.54, 1.807) is 30.6 Å². The number of amides is 1. The molecule has 5 nitrogen and oxygen atoms in total. The molecule has 0 aliphatic heterocycles. The highest BCUT2D eigenvalue weighted by Crippen LogP contribution is 2.13. The largest absolute Gasteiger partial charge is 0.366 e. The van der Waals surface area contributed by atoms with Crippen LogP contribution in [0, 0.1) is 0 Å². The van der Waals surface area contributed by atoms with Crippen molar-refractivity contribution in [3.8, 4) is 0 Å². The topological polar surface area (TPSA) is 78.0 Å². The smallest absolute Gasteiger partial charge is 0.248 e. The van der Waals surface area contributed by atoms with Gasteiger partial charge in [0.1, 0.15) is 0 Å². The fourth-order valence-corrected chi connectivity index (χ4v) is 2.73. The van der Waals surface area contributed by atoms with Gasteiger partial charge in [-0.15, -0.1) is 0 Å². The van der Waals surface area contributed by atoms with E-state index < -0.39 is 5.91 Å². The number of Topliss-reactive ketones (excluding diaryl/α,β-unsaturated/α-hetero) is 1. The van der Waals surface area contributed by atoms with Gasteiger partial charge in [-0.25, -0.2) is 4.98 Å². The van der Waals surface area contributed by atoms with Crippen LogP contribution in [0.1, 0.15) is 32.0 Å². The second-order valence-corrected chi connectivity index (χ2v) is 6.15. The third-order valence-corrected chi connectivity index (χ3v) is 4.01. The van der Waals surface area contributed by atoms with E-state index in [1.807, 2.05) is 35.0 Å². The van der Waals surface area contributed by atoms with Gasteiger partial charge in [0.05, 0.1) is 18.4 Å². The molecule has 0 radical (unpaired) electrons. The maximum Gasteiger partial charge on any atom is 0.248 e. The molecule has 25 heavy (non-hydrogen) atoms. The molecule has 0 saturated carbocycles. The quantitative estimate of drug-likeness (QED) is 0.691. The van der Waals surface area contributed by atoms with Gasteiger partial charge in [0.2, 0.25) is 5.91 Å². The van der Waals surface area contributed by atoms with E-state index in [2.05, 4.69) is 4.98 Å². The second kappa shape index (κ2) is 7.32. The molecule has 0 bridgehead atoms. The van der Waals surface area contributed by atoms with Gasteiger partial charge in [-0.2, -0.15) is 0 Å². The molecule has 0 aliphatic rings. The highest BCUT2D eigenvalue weighted by molar-refractivity contribution is 6.30. The minimum atomic E-state index is -0.515. The summed E-state index contributed by atoms with van der Waals surface area (Å²) < 4.78 is 1.91. The third-order valence-electron chi connectivity index (χ3n) is 3.77. The molecule has 0 aliphatic carbocycles. The van der Waals surface area contributed by atoms with Crippen LogP contribution in [0.3, 0.4) is 0 Å². The zero-order valence-electron chi connectivity index (χ0n) is 13.4. The van der Waals surface area contributed by atoms with Gasteiger partial charge >= 0.3 is 0 Å². The number of nitrogens with two attached hydrogens (primary N) is 1. The minimum Gasteiger partial charge on any atom is -0.366 e. The zero-order chi connectivity index (χ0) is 17.8. The molecule has 2 aromatic carbocycles. The molecule has 3 aromatic rings. The molecule has 0 spiro atoms. The number of imidazole rings is 1. The molecule has 2 N–H and O–H groups in total. The maximum absolute atomic E-state index is 12.3. The monoisotopic (exact) mass is 353 g/mol. The van der Waals surface area contributed by atoms with Crippen molar-refractivity contribution < 1.29 is 9.59 Å². The Bertz CT molecular complexity index is 916. The molecule has 0 fully saturated rings. The van der Waals surface area contributed by atoms with Crippen molar-refractivity contribution in [2.45, 2.75) is 13.0 Å². The fraction of sp³-hybridized carbons (Fsp3) is 0.105. The van der Waals surface area contributed by atoms with E-state index in [9.17, 15) is 9.59 Å². The van der Waals surface area contributed by atoms with Crippen molar-refractivity contribution >= 4 is 23.3 Å². The van der Waals surface area contributed by atoms with Gasteiger partial charge in [0, 0.05) is 28.9 Å². The van der Waals surface area contributed by atoms with Crippen molar-refractivity contribution in [2.24, 2.45) is 5.73 Å². The molecule has 126 valence electrons. The van der Waals surface area contributed by atoms with Crippen LogP contribution in [0.4, 0.5) is 0 Å². The van der Waals surface area contributed by atoms with Crippen molar-refractivity contribution in [3.63, 3.8) is 0 Å². The summed E-state index contributed by atoms with van der Waals surface area (Å²) in [6.07, 6.45) is 3.73. The van der Waals surface area contributed by atoms with Crippen LogP contribution in [0.15, 0.2) is 61.1 Å². The molecular weight excluding hydrogens is 338 g/mol. The van der Waals surface area contributed by atoms with Crippen molar-refractivity contribution in [2.75, 3.05) is 0 Å². The van der Waals surface area contributed by atoms with Crippen molar-refractivity contribution in [1.82, 2.24) is 9.55 Å². The lowest BCUT2D eigenvalue weighted by molar-refractivity contribution is 0.0983. The number of halogens is 1. The fourth-order valence-electron chi connectivity index (χ4n) is 2.52. The van der Waals surface area contributed by atoms with Gasteiger partial charge in [0.25, 0.3) is 0 Å². The lowest BCUT2D eigenvalue weighted by Gasteiger charge is -2.03. The summed E-state index contributed by atoms with van der Waals surface area (Å²) in [4.78, 5) is 27.7. The van der Waals surface area contributed by atoms with E-state index in [4.69, 9.17) is 17.3 Å². The minimum absolute atomic E-state index is 0.0657. The summed E-state index contributed by atoms with van der Waals surface area (Å²) in [5, 5.41) is 0.687. The van der Waals surface area contributed by atoms with Crippen LogP contribution in [0.25, 0.3) is 0 Å². The Labute approximate surface area is 150 Å². The summed E-state index contributed by atoms with van der Waals surface area (Å²) in [7, 11) is 0. The maximum atomic E-state index is 12.3. The number of carbonyl (C=O) groups excluding carboxylic acids is 2. The highest BCUT2D eigenvalue weighted by Gasteiger charge is 2.10. The Morgan fingerprint density at radius 2 is 1.80 bits per heavy atom. The second-order valence-electron chi connectivity index (χ2n) is 5.71. The number of aromatic nitrogens is 2. The summed E-state index contributed by atoms with van der Waals surface area (Å²) in [6.45, 7) is 0.634. The lowest BCUT2D eigenvalue weighted by atomic mass is 10.0. The molecule has 1 aromatic heterocycles. The molecule has 0 atom stereocenters. The molecule has 3 rings (SSSR count). The van der Waals surface area contributed by atoms with Crippen molar-refractivity contribution in [1.29, 1.82) is 0 Å². The van der Waals surface area contributed by atoms with E-state index in [0.717, 1.165) is 5.56 Å². The first-order chi connectivity index (χ1) is 12.0. The number of nitrogens with zero attached hydrogens (tertiary/aromatic N) is 2. The molecule has 0 unspecified atom stereocenters. The van der Waals surface area contributed by atoms with Gasteiger partial charge in [0.15, 0.2) is 5.78 Å². The Balaban J connectivity index is 1.66. The Kier molecular flexibility index (Phi) is 4.95. The number of primary amides is 1. The first-order valence-corrected chi connectivity index (χ1v) is 8.07. The zero-order valence-corrected chi connectivity index (χ0v) is 14.1. The van der Waals surface area contributed by atoms with E-state index in [-0.39, 0.29) is 12.2 Å². The predicted octanol–water partition coefficient (Wildman–Crippen LogP) is 3.11. The van der Waals surface area contributed by atoms with Gasteiger partial charge in [-0.05, 0) is 29.8 Å². The Morgan fingerprint density at radius 3 is 2.48 bits per heavy atom. The number of carbonyl (C=O) groups is 2. The molecule has 6 heteroatoms. The van der Waals surface area contributed by atoms with Crippen LogP contribution in [0.5, 0.6) is 0 Å². The molecular formula is C19H16ClN3O2. The summed E-state index contributed by atoms with van der Waals surface area (Å²) in [6, 6.07) is 13.9. The standard InChI is InChI=1S/C19H16ClN3O2/c20-16-3-1-2-13(8-16)10-23-11-17(22-12-23)9-18(24)14-4-6-15(7-5-14)19(21)25/h1-8,11-12H,9-10H2,(H2,21,25).